The fourth-order valence-corrected chi connectivity index (χ4v) is 4.01. The summed E-state index contributed by atoms with van der Waals surface area (Å²) in [5, 5.41) is 10.8. The van der Waals surface area contributed by atoms with Crippen LogP contribution in [-0.4, -0.2) is 40.2 Å². The maximum atomic E-state index is 12.4. The molecular formula is C16H17N5O3S2. The van der Waals surface area contributed by atoms with Crippen LogP contribution in [0.2, 0.25) is 0 Å². The van der Waals surface area contributed by atoms with Gasteiger partial charge in [0.2, 0.25) is 22.9 Å². The highest BCUT2D eigenvalue weighted by Crippen LogP contribution is 2.28. The first kappa shape index (κ1) is 18.3. The second-order valence-corrected chi connectivity index (χ2v) is 8.06. The number of benzene rings is 1. The lowest BCUT2D eigenvalue weighted by Gasteiger charge is -2.16. The zero-order valence-corrected chi connectivity index (χ0v) is 15.6. The summed E-state index contributed by atoms with van der Waals surface area (Å²) in [6, 6.07) is 7.62. The van der Waals surface area contributed by atoms with Gasteiger partial charge in [-0.25, -0.2) is 0 Å². The molecule has 10 heteroatoms. The lowest BCUT2D eigenvalue weighted by Crippen LogP contribution is -2.28. The minimum atomic E-state index is -0.450. The van der Waals surface area contributed by atoms with Crippen LogP contribution in [0.15, 0.2) is 28.6 Å². The number of nitrogens with two attached hydrogens (primary N) is 1. The van der Waals surface area contributed by atoms with E-state index in [-0.39, 0.29) is 24.0 Å². The van der Waals surface area contributed by atoms with Gasteiger partial charge >= 0.3 is 0 Å². The van der Waals surface area contributed by atoms with E-state index in [0.717, 1.165) is 34.3 Å². The zero-order chi connectivity index (χ0) is 18.7. The van der Waals surface area contributed by atoms with Crippen LogP contribution in [0.25, 0.3) is 0 Å². The molecule has 8 nitrogen and oxygen atoms in total. The van der Waals surface area contributed by atoms with Crippen molar-refractivity contribution in [2.75, 3.05) is 22.5 Å². The smallest absolute Gasteiger partial charge is 0.231 e. The lowest BCUT2D eigenvalue weighted by molar-refractivity contribution is -0.122. The van der Waals surface area contributed by atoms with Crippen molar-refractivity contribution in [1.82, 2.24) is 10.2 Å². The maximum Gasteiger partial charge on any atom is 0.231 e. The first-order valence-electron chi connectivity index (χ1n) is 7.85. The Balaban J connectivity index is 1.59. The number of primary amides is 1. The van der Waals surface area contributed by atoms with Gasteiger partial charge in [-0.1, -0.05) is 40.8 Å². The molecule has 1 saturated heterocycles. The molecule has 0 unspecified atom stereocenters. The minimum absolute atomic E-state index is 0.0797. The third kappa shape index (κ3) is 4.38. The summed E-state index contributed by atoms with van der Waals surface area (Å²) < 4.78 is 0.544. The molecule has 3 N–H and O–H groups in total. The number of rotatable bonds is 6. The van der Waals surface area contributed by atoms with Crippen LogP contribution in [0.1, 0.15) is 12.0 Å². The van der Waals surface area contributed by atoms with Gasteiger partial charge in [-0.3, -0.25) is 14.4 Å². The number of hydrogen-bond donors (Lipinski definition) is 2. The summed E-state index contributed by atoms with van der Waals surface area (Å²) in [6.07, 6.45) is 0.155. The molecule has 0 bridgehead atoms. The van der Waals surface area contributed by atoms with Crippen molar-refractivity contribution in [1.29, 1.82) is 0 Å². The standard InChI is InChI=1S/C16H17N5O3S2/c1-9-2-4-11(5-3-9)21-7-10(6-13(21)23)14(24)18-15-19-20-16(26-15)25-8-12(17)22/h2-5,10H,6-8H2,1H3,(H2,17,22)(H,18,19,24)/t10-/m1/s1. The van der Waals surface area contributed by atoms with Gasteiger partial charge in [-0.05, 0) is 19.1 Å². The van der Waals surface area contributed by atoms with Crippen LogP contribution < -0.4 is 16.0 Å². The number of carbonyl (C=O) groups is 3. The van der Waals surface area contributed by atoms with Gasteiger partial charge in [-0.15, -0.1) is 10.2 Å². The molecular weight excluding hydrogens is 374 g/mol. The minimum Gasteiger partial charge on any atom is -0.369 e. The highest BCUT2D eigenvalue weighted by Gasteiger charge is 2.35. The zero-order valence-electron chi connectivity index (χ0n) is 14.0. The molecule has 1 atom stereocenters. The van der Waals surface area contributed by atoms with Crippen LogP contribution in [-0.2, 0) is 14.4 Å². The average molecular weight is 391 g/mol. The Bertz CT molecular complexity index is 837. The molecule has 1 aliphatic rings. The predicted octanol–water partition coefficient (Wildman–Crippen LogP) is 1.42. The van der Waals surface area contributed by atoms with E-state index in [0.29, 0.717) is 16.0 Å². The number of aryl methyl sites for hydroxylation is 1. The number of hydrogen-bond acceptors (Lipinski definition) is 7. The Morgan fingerprint density at radius 1 is 1.35 bits per heavy atom. The highest BCUT2D eigenvalue weighted by molar-refractivity contribution is 8.01. The van der Waals surface area contributed by atoms with Crippen molar-refractivity contribution < 1.29 is 14.4 Å². The first-order chi connectivity index (χ1) is 12.4. The number of nitrogens with one attached hydrogen (secondary N) is 1. The predicted molar refractivity (Wildman–Crippen MR) is 100 cm³/mol. The van der Waals surface area contributed by atoms with E-state index >= 15 is 0 Å². The Kier molecular flexibility index (Phi) is 5.52. The van der Waals surface area contributed by atoms with Gasteiger partial charge in [0.1, 0.15) is 0 Å². The summed E-state index contributed by atoms with van der Waals surface area (Å²) in [6.45, 7) is 2.31. The molecule has 136 valence electrons. The topological polar surface area (TPSA) is 118 Å². The van der Waals surface area contributed by atoms with Crippen molar-refractivity contribution in [2.45, 2.75) is 17.7 Å². The van der Waals surface area contributed by atoms with Crippen molar-refractivity contribution in [2.24, 2.45) is 11.7 Å². The quantitative estimate of drug-likeness (QED) is 0.568. The number of amides is 3. The van der Waals surface area contributed by atoms with Crippen molar-refractivity contribution in [3.8, 4) is 0 Å². The van der Waals surface area contributed by atoms with Crippen LogP contribution in [0, 0.1) is 12.8 Å². The third-order valence-corrected chi connectivity index (χ3v) is 5.81. The fourth-order valence-electron chi connectivity index (χ4n) is 2.52. The normalized spacial score (nSPS) is 16.7. The highest BCUT2D eigenvalue weighted by atomic mass is 32.2. The molecule has 3 amide bonds. The molecule has 2 aromatic rings. The SMILES string of the molecule is Cc1ccc(N2C[C@H](C(=O)Nc3nnc(SCC(N)=O)s3)CC2=O)cc1. The van der Waals surface area contributed by atoms with E-state index in [4.69, 9.17) is 5.73 Å². The number of aromatic nitrogens is 2. The third-order valence-electron chi connectivity index (χ3n) is 3.82. The van der Waals surface area contributed by atoms with Gasteiger partial charge in [0.15, 0.2) is 4.34 Å². The summed E-state index contributed by atoms with van der Waals surface area (Å²) in [4.78, 5) is 37.1. The van der Waals surface area contributed by atoms with Crippen molar-refractivity contribution in [3.63, 3.8) is 0 Å². The van der Waals surface area contributed by atoms with Crippen LogP contribution in [0.5, 0.6) is 0 Å². The summed E-state index contributed by atoms with van der Waals surface area (Å²) >= 11 is 2.33. The summed E-state index contributed by atoms with van der Waals surface area (Å²) in [5.41, 5.74) is 6.98. The summed E-state index contributed by atoms with van der Waals surface area (Å²) in [5.74, 6) is -1.14. The second kappa shape index (κ2) is 7.83. The lowest BCUT2D eigenvalue weighted by atomic mass is 10.1. The van der Waals surface area contributed by atoms with Crippen LogP contribution in [0.4, 0.5) is 10.8 Å². The Morgan fingerprint density at radius 2 is 2.08 bits per heavy atom. The fraction of sp³-hybridized carbons (Fsp3) is 0.312. The molecule has 0 spiro atoms. The molecule has 1 aromatic heterocycles. The van der Waals surface area contributed by atoms with Gasteiger partial charge in [-0.2, -0.15) is 0 Å². The van der Waals surface area contributed by atoms with Gasteiger partial charge in [0.05, 0.1) is 11.7 Å². The molecule has 1 aliphatic heterocycles. The molecule has 0 radical (unpaired) electrons. The van der Waals surface area contributed by atoms with Gasteiger partial charge in [0, 0.05) is 18.7 Å². The molecule has 2 heterocycles. The van der Waals surface area contributed by atoms with Gasteiger partial charge in [0.25, 0.3) is 0 Å². The number of anilines is 2. The molecule has 3 rings (SSSR count). The average Bonchev–Trinajstić information content (AvgIpc) is 3.20. The molecule has 1 fully saturated rings. The van der Waals surface area contributed by atoms with Crippen LogP contribution >= 0.6 is 23.1 Å². The van der Waals surface area contributed by atoms with E-state index in [2.05, 4.69) is 15.5 Å². The van der Waals surface area contributed by atoms with Crippen molar-refractivity contribution >= 4 is 51.6 Å². The van der Waals surface area contributed by atoms with E-state index < -0.39 is 11.8 Å². The Morgan fingerprint density at radius 3 is 2.77 bits per heavy atom. The monoisotopic (exact) mass is 391 g/mol. The van der Waals surface area contributed by atoms with Crippen LogP contribution in [0.3, 0.4) is 0 Å². The number of nitrogens with zero attached hydrogens (tertiary/aromatic N) is 3. The molecule has 0 saturated carbocycles. The Hall–Kier alpha value is -2.46. The second-order valence-electron chi connectivity index (χ2n) is 5.86. The van der Waals surface area contributed by atoms with Gasteiger partial charge < -0.3 is 16.0 Å². The molecule has 26 heavy (non-hydrogen) atoms. The summed E-state index contributed by atoms with van der Waals surface area (Å²) in [7, 11) is 0. The Labute approximate surface area is 158 Å². The van der Waals surface area contributed by atoms with E-state index in [1.54, 1.807) is 4.90 Å². The number of thioether (sulfide) groups is 1. The first-order valence-corrected chi connectivity index (χ1v) is 9.65. The van der Waals surface area contributed by atoms with Crippen molar-refractivity contribution in [3.05, 3.63) is 29.8 Å². The largest absolute Gasteiger partial charge is 0.369 e. The molecule has 0 aliphatic carbocycles. The molecule has 1 aromatic carbocycles. The van der Waals surface area contributed by atoms with E-state index in [1.807, 2.05) is 31.2 Å². The maximum absolute atomic E-state index is 12.4. The van der Waals surface area contributed by atoms with E-state index in [9.17, 15) is 14.4 Å². The number of carbonyl (C=O) groups excluding carboxylic acids is 3. The van der Waals surface area contributed by atoms with E-state index in [1.165, 1.54) is 0 Å².